The smallest absolute Gasteiger partial charge is 0.409 e. The standard InChI is InChI=1S/C24H24N2O4/c1-23(2,3)30-22(28)26-24(21(27)29-4,15-14-17-10-6-5-7-11-17)19-16-25-20-13-9-8-12-18(19)20/h5-13,16,25H,1-4H3,(H,26,28). The second-order valence-corrected chi connectivity index (χ2v) is 7.73. The Morgan fingerprint density at radius 2 is 1.67 bits per heavy atom. The number of methoxy groups -OCH3 is 1. The van der Waals surface area contributed by atoms with Crippen molar-refractivity contribution in [3.05, 3.63) is 71.9 Å². The van der Waals surface area contributed by atoms with Gasteiger partial charge in [0, 0.05) is 28.2 Å². The number of carbonyl (C=O) groups is 2. The van der Waals surface area contributed by atoms with Crippen LogP contribution in [0.25, 0.3) is 10.9 Å². The maximum atomic E-state index is 13.1. The summed E-state index contributed by atoms with van der Waals surface area (Å²) in [6, 6.07) is 16.6. The molecule has 1 aromatic heterocycles. The molecule has 0 spiro atoms. The number of carbonyl (C=O) groups excluding carboxylic acids is 2. The van der Waals surface area contributed by atoms with Crippen molar-refractivity contribution in [2.24, 2.45) is 0 Å². The highest BCUT2D eigenvalue weighted by Crippen LogP contribution is 2.30. The molecule has 0 radical (unpaired) electrons. The highest BCUT2D eigenvalue weighted by molar-refractivity contribution is 5.97. The quantitative estimate of drug-likeness (QED) is 0.508. The van der Waals surface area contributed by atoms with Gasteiger partial charge in [0.05, 0.1) is 7.11 Å². The highest BCUT2D eigenvalue weighted by Gasteiger charge is 2.44. The highest BCUT2D eigenvalue weighted by atomic mass is 16.6. The van der Waals surface area contributed by atoms with Gasteiger partial charge in [-0.15, -0.1) is 0 Å². The maximum Gasteiger partial charge on any atom is 0.409 e. The zero-order valence-corrected chi connectivity index (χ0v) is 17.4. The van der Waals surface area contributed by atoms with Gasteiger partial charge in [0.25, 0.3) is 0 Å². The normalized spacial score (nSPS) is 12.9. The number of fused-ring (bicyclic) bond motifs is 1. The molecule has 0 fully saturated rings. The van der Waals surface area contributed by atoms with Gasteiger partial charge in [0.1, 0.15) is 5.60 Å². The number of alkyl carbamates (subject to hydrolysis) is 1. The first-order chi connectivity index (χ1) is 14.2. The molecular weight excluding hydrogens is 380 g/mol. The van der Waals surface area contributed by atoms with Gasteiger partial charge in [0.15, 0.2) is 0 Å². The van der Waals surface area contributed by atoms with Crippen LogP contribution in [0.15, 0.2) is 60.8 Å². The molecule has 3 rings (SSSR count). The van der Waals surface area contributed by atoms with Gasteiger partial charge >= 0.3 is 12.1 Å². The Balaban J connectivity index is 2.20. The molecule has 0 aliphatic heterocycles. The van der Waals surface area contributed by atoms with E-state index in [1.54, 1.807) is 27.0 Å². The minimum Gasteiger partial charge on any atom is -0.466 e. The molecule has 0 aliphatic carbocycles. The second kappa shape index (κ2) is 8.34. The number of amides is 1. The van der Waals surface area contributed by atoms with Crippen molar-refractivity contribution < 1.29 is 19.1 Å². The molecule has 2 aromatic carbocycles. The van der Waals surface area contributed by atoms with Crippen molar-refractivity contribution in [2.45, 2.75) is 31.9 Å². The molecule has 6 nitrogen and oxygen atoms in total. The summed E-state index contributed by atoms with van der Waals surface area (Å²) >= 11 is 0. The largest absolute Gasteiger partial charge is 0.466 e. The first-order valence-corrected chi connectivity index (χ1v) is 9.49. The Labute approximate surface area is 175 Å². The number of esters is 1. The number of H-pyrrole nitrogens is 1. The van der Waals surface area contributed by atoms with E-state index >= 15 is 0 Å². The van der Waals surface area contributed by atoms with E-state index in [9.17, 15) is 9.59 Å². The Kier molecular flexibility index (Phi) is 5.84. The number of benzene rings is 2. The molecule has 3 aromatic rings. The summed E-state index contributed by atoms with van der Waals surface area (Å²) in [5.74, 6) is 5.22. The summed E-state index contributed by atoms with van der Waals surface area (Å²) in [5.41, 5.74) is -0.560. The van der Waals surface area contributed by atoms with E-state index in [2.05, 4.69) is 22.1 Å². The van der Waals surface area contributed by atoms with Crippen LogP contribution in [0.4, 0.5) is 4.79 Å². The Morgan fingerprint density at radius 1 is 1.00 bits per heavy atom. The number of rotatable bonds is 3. The van der Waals surface area contributed by atoms with Crippen LogP contribution in [0.1, 0.15) is 31.9 Å². The summed E-state index contributed by atoms with van der Waals surface area (Å²) in [7, 11) is 1.26. The van der Waals surface area contributed by atoms with Crippen LogP contribution in [-0.4, -0.2) is 29.8 Å². The van der Waals surface area contributed by atoms with Crippen molar-refractivity contribution in [3.8, 4) is 11.8 Å². The van der Waals surface area contributed by atoms with Crippen LogP contribution in [0.5, 0.6) is 0 Å². The molecule has 30 heavy (non-hydrogen) atoms. The van der Waals surface area contributed by atoms with Gasteiger partial charge in [-0.05, 0) is 39.0 Å². The molecule has 1 amide bonds. The third-order valence-corrected chi connectivity index (χ3v) is 4.34. The summed E-state index contributed by atoms with van der Waals surface area (Å²) in [6.45, 7) is 5.23. The van der Waals surface area contributed by atoms with Gasteiger partial charge < -0.3 is 14.5 Å². The number of nitrogens with one attached hydrogen (secondary N) is 2. The third kappa shape index (κ3) is 4.47. The van der Waals surface area contributed by atoms with Crippen molar-refractivity contribution in [3.63, 3.8) is 0 Å². The van der Waals surface area contributed by atoms with Crippen LogP contribution in [-0.2, 0) is 19.8 Å². The minimum absolute atomic E-state index is 0.472. The number of ether oxygens (including phenoxy) is 2. The van der Waals surface area contributed by atoms with Crippen molar-refractivity contribution in [1.82, 2.24) is 10.3 Å². The van der Waals surface area contributed by atoms with E-state index in [0.717, 1.165) is 10.9 Å². The van der Waals surface area contributed by atoms with Gasteiger partial charge in [-0.2, -0.15) is 0 Å². The lowest BCUT2D eigenvalue weighted by molar-refractivity contribution is -0.146. The lowest BCUT2D eigenvalue weighted by atomic mass is 9.89. The third-order valence-electron chi connectivity index (χ3n) is 4.34. The lowest BCUT2D eigenvalue weighted by Crippen LogP contribution is -2.52. The number of para-hydroxylation sites is 1. The fourth-order valence-corrected chi connectivity index (χ4v) is 3.06. The predicted octanol–water partition coefficient (Wildman–Crippen LogP) is 4.11. The first kappa shape index (κ1) is 21.0. The summed E-state index contributed by atoms with van der Waals surface area (Å²) in [6.07, 6.45) is 0.874. The van der Waals surface area contributed by atoms with Gasteiger partial charge in [-0.3, -0.25) is 5.32 Å². The fraction of sp³-hybridized carbons (Fsp3) is 0.250. The lowest BCUT2D eigenvalue weighted by Gasteiger charge is -2.29. The summed E-state index contributed by atoms with van der Waals surface area (Å²) in [5, 5.41) is 3.41. The van der Waals surface area contributed by atoms with Gasteiger partial charge in [-0.25, -0.2) is 9.59 Å². The zero-order valence-electron chi connectivity index (χ0n) is 17.4. The second-order valence-electron chi connectivity index (χ2n) is 7.73. The van der Waals surface area contributed by atoms with E-state index in [1.165, 1.54) is 7.11 Å². The van der Waals surface area contributed by atoms with Crippen LogP contribution in [0, 0.1) is 11.8 Å². The SMILES string of the molecule is COC(=O)C(C#Cc1ccccc1)(NC(=O)OC(C)(C)C)c1c[nH]c2ccccc12. The molecular formula is C24H24N2O4. The van der Waals surface area contributed by atoms with Crippen molar-refractivity contribution in [1.29, 1.82) is 0 Å². The molecule has 1 unspecified atom stereocenters. The number of hydrogen-bond acceptors (Lipinski definition) is 4. The van der Waals surface area contributed by atoms with E-state index in [0.29, 0.717) is 11.1 Å². The van der Waals surface area contributed by atoms with Crippen molar-refractivity contribution >= 4 is 23.0 Å². The Hall–Kier alpha value is -3.72. The number of aromatic nitrogens is 1. The molecule has 0 bridgehead atoms. The monoisotopic (exact) mass is 404 g/mol. The van der Waals surface area contributed by atoms with Gasteiger partial charge in [0.2, 0.25) is 5.54 Å². The molecule has 2 N–H and O–H groups in total. The van der Waals surface area contributed by atoms with Gasteiger partial charge in [-0.1, -0.05) is 48.2 Å². The zero-order chi connectivity index (χ0) is 21.8. The molecule has 6 heteroatoms. The number of hydrogen-bond donors (Lipinski definition) is 2. The molecule has 1 heterocycles. The Bertz CT molecular complexity index is 1120. The van der Waals surface area contributed by atoms with Crippen molar-refractivity contribution in [2.75, 3.05) is 7.11 Å². The van der Waals surface area contributed by atoms with Crippen LogP contribution >= 0.6 is 0 Å². The van der Waals surface area contributed by atoms with E-state index in [1.807, 2.05) is 54.6 Å². The summed E-state index contributed by atoms with van der Waals surface area (Å²) in [4.78, 5) is 28.9. The van der Waals surface area contributed by atoms with Crippen LogP contribution in [0.3, 0.4) is 0 Å². The van der Waals surface area contributed by atoms with Crippen LogP contribution in [0.2, 0.25) is 0 Å². The minimum atomic E-state index is -1.77. The summed E-state index contributed by atoms with van der Waals surface area (Å²) < 4.78 is 10.5. The molecule has 0 aliphatic rings. The molecule has 154 valence electrons. The predicted molar refractivity (Wildman–Crippen MR) is 115 cm³/mol. The average molecular weight is 404 g/mol. The Morgan fingerprint density at radius 3 is 2.33 bits per heavy atom. The first-order valence-electron chi connectivity index (χ1n) is 9.49. The van der Waals surface area contributed by atoms with Crippen LogP contribution < -0.4 is 5.32 Å². The molecule has 1 atom stereocenters. The topological polar surface area (TPSA) is 80.4 Å². The van der Waals surface area contributed by atoms with E-state index in [4.69, 9.17) is 9.47 Å². The maximum absolute atomic E-state index is 13.1. The van der Waals surface area contributed by atoms with E-state index in [-0.39, 0.29) is 0 Å². The number of aromatic amines is 1. The molecule has 0 saturated heterocycles. The average Bonchev–Trinajstić information content (AvgIpc) is 3.14. The fourth-order valence-electron chi connectivity index (χ4n) is 3.06. The molecule has 0 saturated carbocycles. The van der Waals surface area contributed by atoms with E-state index < -0.39 is 23.2 Å².